The van der Waals surface area contributed by atoms with Crippen LogP contribution in [-0.2, 0) is 0 Å². The number of para-hydroxylation sites is 1. The fraction of sp³-hybridized carbons (Fsp3) is 0. The van der Waals surface area contributed by atoms with Crippen LogP contribution in [0.2, 0.25) is 0 Å². The summed E-state index contributed by atoms with van der Waals surface area (Å²) in [5.74, 6) is 0. The number of aromatic amines is 2. The van der Waals surface area contributed by atoms with Crippen molar-refractivity contribution in [3.05, 3.63) is 54.7 Å². The molecular weight excluding hydrogens is 262 g/mol. The Balaban J connectivity index is 1.95. The summed E-state index contributed by atoms with van der Waals surface area (Å²) >= 11 is 0. The quantitative estimate of drug-likeness (QED) is 0.491. The minimum Gasteiger partial charge on any atom is -0.397 e. The van der Waals surface area contributed by atoms with Crippen LogP contribution in [0.5, 0.6) is 0 Å². The summed E-state index contributed by atoms with van der Waals surface area (Å²) in [5.41, 5.74) is 11.4. The third-order valence-electron chi connectivity index (χ3n) is 3.59. The fourth-order valence-corrected chi connectivity index (χ4v) is 2.56. The van der Waals surface area contributed by atoms with Crippen LogP contribution >= 0.6 is 0 Å². The Morgan fingerprint density at radius 3 is 2.62 bits per heavy atom. The summed E-state index contributed by atoms with van der Waals surface area (Å²) < 4.78 is 0. The van der Waals surface area contributed by atoms with Gasteiger partial charge in [-0.1, -0.05) is 42.5 Å². The first-order valence-corrected chi connectivity index (χ1v) is 6.66. The zero-order chi connectivity index (χ0) is 14.2. The number of hydrogen-bond donors (Lipinski definition) is 3. The molecule has 0 amide bonds. The highest BCUT2D eigenvalue weighted by Gasteiger charge is 2.15. The van der Waals surface area contributed by atoms with E-state index in [2.05, 4.69) is 20.4 Å². The van der Waals surface area contributed by atoms with Crippen molar-refractivity contribution in [2.24, 2.45) is 0 Å². The first-order chi connectivity index (χ1) is 10.3. The average molecular weight is 275 g/mol. The summed E-state index contributed by atoms with van der Waals surface area (Å²) in [6.45, 7) is 0. The predicted molar refractivity (Wildman–Crippen MR) is 83.5 cm³/mol. The van der Waals surface area contributed by atoms with E-state index in [0.29, 0.717) is 5.69 Å². The third-order valence-corrected chi connectivity index (χ3v) is 3.59. The number of nitrogen functional groups attached to an aromatic ring is 1. The second kappa shape index (κ2) is 4.49. The standard InChI is InChI=1S/C16H13N5/c17-13-8-4-7-11-15(20-21-16(11)13)12-9-18-19-14(12)10-5-2-1-3-6-10/h1-9H,17H2,(H,18,19)(H,20,21). The second-order valence-electron chi connectivity index (χ2n) is 4.87. The van der Waals surface area contributed by atoms with E-state index < -0.39 is 0 Å². The molecule has 0 aliphatic carbocycles. The fourth-order valence-electron chi connectivity index (χ4n) is 2.56. The van der Waals surface area contributed by atoms with E-state index in [-0.39, 0.29) is 0 Å². The molecule has 0 fully saturated rings. The van der Waals surface area contributed by atoms with Gasteiger partial charge in [-0.3, -0.25) is 10.2 Å². The minimum atomic E-state index is 0.691. The minimum absolute atomic E-state index is 0.691. The third kappa shape index (κ3) is 1.79. The molecule has 5 heteroatoms. The number of nitrogens with two attached hydrogens (primary N) is 1. The van der Waals surface area contributed by atoms with E-state index in [0.717, 1.165) is 33.4 Å². The van der Waals surface area contributed by atoms with Crippen LogP contribution in [0.25, 0.3) is 33.4 Å². The zero-order valence-electron chi connectivity index (χ0n) is 11.2. The summed E-state index contributed by atoms with van der Waals surface area (Å²) in [6.07, 6.45) is 1.79. The maximum absolute atomic E-state index is 5.98. The Labute approximate surface area is 120 Å². The van der Waals surface area contributed by atoms with Gasteiger partial charge in [0.05, 0.1) is 23.1 Å². The second-order valence-corrected chi connectivity index (χ2v) is 4.87. The lowest BCUT2D eigenvalue weighted by Crippen LogP contribution is -1.85. The lowest BCUT2D eigenvalue weighted by molar-refractivity contribution is 1.10. The van der Waals surface area contributed by atoms with Crippen LogP contribution in [0.4, 0.5) is 5.69 Å². The topological polar surface area (TPSA) is 83.4 Å². The summed E-state index contributed by atoms with van der Waals surface area (Å²) in [5, 5.41) is 15.6. The van der Waals surface area contributed by atoms with E-state index >= 15 is 0 Å². The van der Waals surface area contributed by atoms with E-state index in [1.54, 1.807) is 6.20 Å². The van der Waals surface area contributed by atoms with Crippen molar-refractivity contribution >= 4 is 16.6 Å². The summed E-state index contributed by atoms with van der Waals surface area (Å²) in [4.78, 5) is 0. The highest BCUT2D eigenvalue weighted by molar-refractivity contribution is 6.00. The van der Waals surface area contributed by atoms with Crippen LogP contribution < -0.4 is 5.73 Å². The molecule has 0 unspecified atom stereocenters. The molecule has 0 radical (unpaired) electrons. The number of benzene rings is 2. The molecule has 0 bridgehead atoms. The van der Waals surface area contributed by atoms with Gasteiger partial charge in [0.2, 0.25) is 0 Å². The number of anilines is 1. The molecule has 0 saturated heterocycles. The molecule has 4 aromatic rings. The zero-order valence-corrected chi connectivity index (χ0v) is 11.2. The Morgan fingerprint density at radius 2 is 1.76 bits per heavy atom. The summed E-state index contributed by atoms with van der Waals surface area (Å²) in [6, 6.07) is 15.9. The molecule has 0 aliphatic rings. The Kier molecular flexibility index (Phi) is 2.50. The maximum atomic E-state index is 5.98. The lowest BCUT2D eigenvalue weighted by Gasteiger charge is -2.01. The number of aromatic nitrogens is 4. The number of rotatable bonds is 2. The number of nitrogens with one attached hydrogen (secondary N) is 2. The predicted octanol–water partition coefficient (Wildman–Crippen LogP) is 3.20. The molecule has 5 nitrogen and oxygen atoms in total. The van der Waals surface area contributed by atoms with Gasteiger partial charge in [0.25, 0.3) is 0 Å². The molecule has 0 aliphatic heterocycles. The molecule has 4 N–H and O–H groups in total. The molecule has 0 saturated carbocycles. The molecule has 2 aromatic heterocycles. The first-order valence-electron chi connectivity index (χ1n) is 6.66. The van der Waals surface area contributed by atoms with Gasteiger partial charge >= 0.3 is 0 Å². The first kappa shape index (κ1) is 11.7. The molecule has 2 aromatic carbocycles. The van der Waals surface area contributed by atoms with Crippen LogP contribution in [0.3, 0.4) is 0 Å². The molecule has 0 spiro atoms. The average Bonchev–Trinajstić information content (AvgIpc) is 3.15. The van der Waals surface area contributed by atoms with Crippen molar-refractivity contribution in [2.75, 3.05) is 5.73 Å². The van der Waals surface area contributed by atoms with Crippen LogP contribution in [0, 0.1) is 0 Å². The van der Waals surface area contributed by atoms with E-state index in [1.807, 2.05) is 48.5 Å². The SMILES string of the molecule is Nc1cccc2c(-c3cn[nH]c3-c3ccccc3)n[nH]c12. The van der Waals surface area contributed by atoms with Crippen LogP contribution in [-0.4, -0.2) is 20.4 Å². The highest BCUT2D eigenvalue weighted by Crippen LogP contribution is 2.34. The van der Waals surface area contributed by atoms with Gasteiger partial charge in [-0.05, 0) is 6.07 Å². The van der Waals surface area contributed by atoms with Gasteiger partial charge in [-0.25, -0.2) is 0 Å². The summed E-state index contributed by atoms with van der Waals surface area (Å²) in [7, 11) is 0. The molecule has 4 rings (SSSR count). The lowest BCUT2D eigenvalue weighted by atomic mass is 10.0. The number of nitrogens with zero attached hydrogens (tertiary/aromatic N) is 2. The van der Waals surface area contributed by atoms with Crippen molar-refractivity contribution in [3.8, 4) is 22.5 Å². The number of fused-ring (bicyclic) bond motifs is 1. The Morgan fingerprint density at radius 1 is 0.905 bits per heavy atom. The van der Waals surface area contributed by atoms with E-state index in [4.69, 9.17) is 5.73 Å². The molecule has 2 heterocycles. The maximum Gasteiger partial charge on any atom is 0.104 e. The Hall–Kier alpha value is -3.08. The monoisotopic (exact) mass is 275 g/mol. The highest BCUT2D eigenvalue weighted by atomic mass is 15.1. The van der Waals surface area contributed by atoms with Crippen LogP contribution in [0.15, 0.2) is 54.7 Å². The van der Waals surface area contributed by atoms with Crippen molar-refractivity contribution in [3.63, 3.8) is 0 Å². The smallest absolute Gasteiger partial charge is 0.104 e. The van der Waals surface area contributed by atoms with E-state index in [1.165, 1.54) is 0 Å². The molecular formula is C16H13N5. The molecule has 0 atom stereocenters. The van der Waals surface area contributed by atoms with Gasteiger partial charge in [0.15, 0.2) is 0 Å². The van der Waals surface area contributed by atoms with Gasteiger partial charge < -0.3 is 5.73 Å². The van der Waals surface area contributed by atoms with Crippen molar-refractivity contribution in [1.29, 1.82) is 0 Å². The van der Waals surface area contributed by atoms with Crippen molar-refractivity contribution in [2.45, 2.75) is 0 Å². The number of hydrogen-bond acceptors (Lipinski definition) is 3. The largest absolute Gasteiger partial charge is 0.397 e. The Bertz CT molecular complexity index is 905. The van der Waals surface area contributed by atoms with Crippen molar-refractivity contribution in [1.82, 2.24) is 20.4 Å². The van der Waals surface area contributed by atoms with Gasteiger partial charge in [-0.15, -0.1) is 0 Å². The van der Waals surface area contributed by atoms with Gasteiger partial charge in [0.1, 0.15) is 5.69 Å². The van der Waals surface area contributed by atoms with Gasteiger partial charge in [0, 0.05) is 16.5 Å². The van der Waals surface area contributed by atoms with Crippen molar-refractivity contribution < 1.29 is 0 Å². The number of H-pyrrole nitrogens is 2. The van der Waals surface area contributed by atoms with Gasteiger partial charge in [-0.2, -0.15) is 10.2 Å². The molecule has 102 valence electrons. The normalized spacial score (nSPS) is 11.0. The molecule has 21 heavy (non-hydrogen) atoms. The van der Waals surface area contributed by atoms with E-state index in [9.17, 15) is 0 Å². The van der Waals surface area contributed by atoms with Crippen LogP contribution in [0.1, 0.15) is 0 Å².